The Morgan fingerprint density at radius 2 is 1.59 bits per heavy atom. The third-order valence-electron chi connectivity index (χ3n) is 5.11. The number of carbonyl (C=O) groups excluding carboxylic acids is 1. The van der Waals surface area contributed by atoms with Gasteiger partial charge < -0.3 is 10.6 Å². The average molecular weight is 445 g/mol. The number of nitrogens with two attached hydrogens (primary N) is 1. The standard InChI is InChI=1S/C18H33N5O.3ClH/c1-15-17(16(2)21(3)20-15)14-22-10-12-23(13-11-22)18(24)8-6-4-5-7-9-19;;;/h4-14,19H2,1-3H3;3*1H. The zero-order valence-corrected chi connectivity index (χ0v) is 19.2. The summed E-state index contributed by atoms with van der Waals surface area (Å²) in [7, 11) is 2.00. The highest BCUT2D eigenvalue weighted by Gasteiger charge is 2.22. The Bertz CT molecular complexity index is 545. The minimum atomic E-state index is 0. The lowest BCUT2D eigenvalue weighted by atomic mass is 10.1. The molecule has 1 aromatic rings. The quantitative estimate of drug-likeness (QED) is 0.626. The molecule has 9 heteroatoms. The Labute approximate surface area is 182 Å². The lowest BCUT2D eigenvalue weighted by Gasteiger charge is -2.35. The van der Waals surface area contributed by atoms with E-state index in [1.165, 1.54) is 11.3 Å². The molecule has 0 unspecified atom stereocenters. The van der Waals surface area contributed by atoms with Gasteiger partial charge in [0, 0.05) is 57.4 Å². The predicted molar refractivity (Wildman–Crippen MR) is 118 cm³/mol. The van der Waals surface area contributed by atoms with Crippen LogP contribution < -0.4 is 5.73 Å². The van der Waals surface area contributed by atoms with Gasteiger partial charge in [0.2, 0.25) is 5.91 Å². The van der Waals surface area contributed by atoms with Crippen LogP contribution in [0.15, 0.2) is 0 Å². The summed E-state index contributed by atoms with van der Waals surface area (Å²) < 4.78 is 1.95. The van der Waals surface area contributed by atoms with Crippen molar-refractivity contribution in [2.75, 3.05) is 32.7 Å². The molecule has 1 aliphatic rings. The molecule has 0 bridgehead atoms. The van der Waals surface area contributed by atoms with Crippen molar-refractivity contribution in [1.82, 2.24) is 19.6 Å². The fourth-order valence-corrected chi connectivity index (χ4v) is 3.36. The molecule has 2 rings (SSSR count). The van der Waals surface area contributed by atoms with Gasteiger partial charge in [-0.1, -0.05) is 12.8 Å². The number of halogens is 3. The lowest BCUT2D eigenvalue weighted by molar-refractivity contribution is -0.133. The molecule has 1 amide bonds. The number of hydrogen-bond donors (Lipinski definition) is 1. The number of hydrogen-bond acceptors (Lipinski definition) is 4. The molecule has 0 radical (unpaired) electrons. The van der Waals surface area contributed by atoms with Crippen LogP contribution in [0, 0.1) is 13.8 Å². The summed E-state index contributed by atoms with van der Waals surface area (Å²) in [6, 6.07) is 0. The second-order valence-corrected chi connectivity index (χ2v) is 6.88. The van der Waals surface area contributed by atoms with E-state index in [9.17, 15) is 4.79 Å². The Balaban J connectivity index is 0. The van der Waals surface area contributed by atoms with Gasteiger partial charge in [0.1, 0.15) is 0 Å². The third-order valence-corrected chi connectivity index (χ3v) is 5.11. The predicted octanol–water partition coefficient (Wildman–Crippen LogP) is 2.86. The number of carbonyl (C=O) groups is 1. The van der Waals surface area contributed by atoms with Crippen molar-refractivity contribution in [1.29, 1.82) is 0 Å². The van der Waals surface area contributed by atoms with Gasteiger partial charge in [-0.05, 0) is 33.2 Å². The van der Waals surface area contributed by atoms with Crippen molar-refractivity contribution < 1.29 is 4.79 Å². The van der Waals surface area contributed by atoms with Crippen LogP contribution in [0.5, 0.6) is 0 Å². The molecule has 1 aliphatic heterocycles. The molecule has 6 nitrogen and oxygen atoms in total. The maximum atomic E-state index is 12.3. The molecular formula is C18H36Cl3N5O. The summed E-state index contributed by atoms with van der Waals surface area (Å²) in [6.07, 6.45) is 5.00. The van der Waals surface area contributed by atoms with Crippen molar-refractivity contribution in [3.05, 3.63) is 17.0 Å². The minimum absolute atomic E-state index is 0. The first kappa shape index (κ1) is 28.7. The molecular weight excluding hydrogens is 409 g/mol. The van der Waals surface area contributed by atoms with Crippen LogP contribution in [0.3, 0.4) is 0 Å². The van der Waals surface area contributed by atoms with Crippen LogP contribution in [-0.4, -0.2) is 58.2 Å². The Morgan fingerprint density at radius 3 is 2.11 bits per heavy atom. The van der Waals surface area contributed by atoms with Gasteiger partial charge in [-0.25, -0.2) is 0 Å². The van der Waals surface area contributed by atoms with Crippen molar-refractivity contribution in [3.8, 4) is 0 Å². The zero-order chi connectivity index (χ0) is 17.5. The van der Waals surface area contributed by atoms with E-state index in [0.717, 1.165) is 70.6 Å². The van der Waals surface area contributed by atoms with Crippen LogP contribution in [0.25, 0.3) is 0 Å². The van der Waals surface area contributed by atoms with Gasteiger partial charge in [0.05, 0.1) is 5.69 Å². The highest BCUT2D eigenvalue weighted by atomic mass is 35.5. The summed E-state index contributed by atoms with van der Waals surface area (Å²) in [6.45, 7) is 9.49. The SMILES string of the molecule is Cc1nn(C)c(C)c1CN1CCN(C(=O)CCCCCCN)CC1.Cl.Cl.Cl. The maximum absolute atomic E-state index is 12.3. The third kappa shape index (κ3) is 8.57. The highest BCUT2D eigenvalue weighted by Crippen LogP contribution is 2.16. The van der Waals surface area contributed by atoms with E-state index in [-0.39, 0.29) is 37.2 Å². The van der Waals surface area contributed by atoms with Crippen molar-refractivity contribution in [3.63, 3.8) is 0 Å². The second-order valence-electron chi connectivity index (χ2n) is 6.88. The summed E-state index contributed by atoms with van der Waals surface area (Å²) in [5.41, 5.74) is 9.18. The monoisotopic (exact) mass is 443 g/mol. The first-order valence-corrected chi connectivity index (χ1v) is 9.22. The van der Waals surface area contributed by atoms with Crippen LogP contribution in [0.4, 0.5) is 0 Å². The lowest BCUT2D eigenvalue weighted by Crippen LogP contribution is -2.48. The topological polar surface area (TPSA) is 67.4 Å². The summed E-state index contributed by atoms with van der Waals surface area (Å²) in [4.78, 5) is 16.7. The fourth-order valence-electron chi connectivity index (χ4n) is 3.36. The van der Waals surface area contributed by atoms with Crippen LogP contribution in [-0.2, 0) is 18.4 Å². The van der Waals surface area contributed by atoms with E-state index in [1.807, 2.05) is 16.6 Å². The molecule has 160 valence electrons. The largest absolute Gasteiger partial charge is 0.340 e. The minimum Gasteiger partial charge on any atom is -0.340 e. The van der Waals surface area contributed by atoms with Crippen LogP contribution >= 0.6 is 37.2 Å². The molecule has 0 atom stereocenters. The Hall–Kier alpha value is -0.530. The molecule has 1 saturated heterocycles. The molecule has 27 heavy (non-hydrogen) atoms. The van der Waals surface area contributed by atoms with Crippen molar-refractivity contribution >= 4 is 43.1 Å². The van der Waals surface area contributed by atoms with Crippen LogP contribution in [0.2, 0.25) is 0 Å². The van der Waals surface area contributed by atoms with Crippen molar-refractivity contribution in [2.45, 2.75) is 52.5 Å². The van der Waals surface area contributed by atoms with E-state index in [1.54, 1.807) is 0 Å². The smallest absolute Gasteiger partial charge is 0.222 e. The number of rotatable bonds is 8. The summed E-state index contributed by atoms with van der Waals surface area (Å²) >= 11 is 0. The van der Waals surface area contributed by atoms with Gasteiger partial charge in [0.15, 0.2) is 0 Å². The van der Waals surface area contributed by atoms with Crippen molar-refractivity contribution in [2.24, 2.45) is 12.8 Å². The van der Waals surface area contributed by atoms with Gasteiger partial charge in [-0.15, -0.1) is 37.2 Å². The molecule has 0 aromatic carbocycles. The number of aromatic nitrogens is 2. The van der Waals surface area contributed by atoms with Gasteiger partial charge in [0.25, 0.3) is 0 Å². The molecule has 0 saturated carbocycles. The molecule has 0 aliphatic carbocycles. The molecule has 1 aromatic heterocycles. The first-order chi connectivity index (χ1) is 11.5. The normalized spacial score (nSPS) is 14.1. The Morgan fingerprint density at radius 1 is 1.00 bits per heavy atom. The van der Waals surface area contributed by atoms with Crippen LogP contribution in [0.1, 0.15) is 49.1 Å². The summed E-state index contributed by atoms with van der Waals surface area (Å²) in [5.74, 6) is 0.316. The number of nitrogens with zero attached hydrogens (tertiary/aromatic N) is 4. The van der Waals surface area contributed by atoms with E-state index < -0.39 is 0 Å². The maximum Gasteiger partial charge on any atom is 0.222 e. The molecule has 2 heterocycles. The second kappa shape index (κ2) is 14.5. The van der Waals surface area contributed by atoms with Gasteiger partial charge in [-0.3, -0.25) is 14.4 Å². The molecule has 0 spiro atoms. The number of piperazine rings is 1. The fraction of sp³-hybridized carbons (Fsp3) is 0.778. The van der Waals surface area contributed by atoms with E-state index in [2.05, 4.69) is 23.8 Å². The zero-order valence-electron chi connectivity index (χ0n) is 16.8. The molecule has 2 N–H and O–H groups in total. The van der Waals surface area contributed by atoms with Gasteiger partial charge >= 0.3 is 0 Å². The summed E-state index contributed by atoms with van der Waals surface area (Å²) in [5, 5.41) is 4.49. The number of unbranched alkanes of at least 4 members (excludes halogenated alkanes) is 3. The number of amides is 1. The number of aryl methyl sites for hydroxylation is 2. The average Bonchev–Trinajstić information content (AvgIpc) is 2.81. The Kier molecular flexibility index (Phi) is 15.4. The van der Waals surface area contributed by atoms with Gasteiger partial charge in [-0.2, -0.15) is 5.10 Å². The molecule has 1 fully saturated rings. The van der Waals surface area contributed by atoms with E-state index in [0.29, 0.717) is 12.3 Å². The van der Waals surface area contributed by atoms with E-state index >= 15 is 0 Å². The van der Waals surface area contributed by atoms with E-state index in [4.69, 9.17) is 5.73 Å². The highest BCUT2D eigenvalue weighted by molar-refractivity contribution is 5.86. The first-order valence-electron chi connectivity index (χ1n) is 9.22.